The number of hydrogen-bond acceptors (Lipinski definition) is 3. The van der Waals surface area contributed by atoms with Gasteiger partial charge in [-0.25, -0.2) is 9.78 Å². The van der Waals surface area contributed by atoms with E-state index in [2.05, 4.69) is 29.2 Å². The first kappa shape index (κ1) is 12.1. The molecule has 4 aromatic rings. The number of thiazole rings is 1. The number of benzene rings is 2. The summed E-state index contributed by atoms with van der Waals surface area (Å²) in [5, 5.41) is 11.3. The van der Waals surface area contributed by atoms with Gasteiger partial charge in [-0.05, 0) is 16.8 Å². The molecule has 1 N–H and O–H groups in total. The maximum absolute atomic E-state index is 10.9. The predicted octanol–water partition coefficient (Wildman–Crippen LogP) is 3.91. The summed E-state index contributed by atoms with van der Waals surface area (Å²) in [5.41, 5.74) is 1.88. The molecule has 0 aliphatic rings. The van der Waals surface area contributed by atoms with Gasteiger partial charge in [0.2, 0.25) is 0 Å². The highest BCUT2D eigenvalue weighted by molar-refractivity contribution is 7.18. The number of aromatic nitrogens is 2. The van der Waals surface area contributed by atoms with Crippen LogP contribution in [0, 0.1) is 0 Å². The average molecular weight is 294 g/mol. The van der Waals surface area contributed by atoms with Gasteiger partial charge in [0.1, 0.15) is 4.88 Å². The van der Waals surface area contributed by atoms with Gasteiger partial charge in [0.05, 0.1) is 5.69 Å². The van der Waals surface area contributed by atoms with Crippen LogP contribution in [0.3, 0.4) is 0 Å². The molecule has 5 heteroatoms. The van der Waals surface area contributed by atoms with E-state index in [4.69, 9.17) is 5.11 Å². The molecule has 21 heavy (non-hydrogen) atoms. The summed E-state index contributed by atoms with van der Waals surface area (Å²) in [6, 6.07) is 14.4. The van der Waals surface area contributed by atoms with Crippen LogP contribution < -0.4 is 0 Å². The standard InChI is InChI=1S/C16H10N2O2S/c19-15(20)14-9-18-8-13(17-16(18)21-14)12-6-5-10-3-1-2-4-11(10)7-12/h1-9H,(H,19,20). The number of carboxylic acids is 1. The van der Waals surface area contributed by atoms with Gasteiger partial charge in [-0.3, -0.25) is 4.40 Å². The van der Waals surface area contributed by atoms with Crippen molar-refractivity contribution < 1.29 is 9.90 Å². The SMILES string of the molecule is O=C(O)c1cn2cc(-c3ccc4ccccc4c3)nc2s1. The lowest BCUT2D eigenvalue weighted by atomic mass is 10.1. The highest BCUT2D eigenvalue weighted by Gasteiger charge is 2.12. The van der Waals surface area contributed by atoms with E-state index in [1.54, 1.807) is 10.6 Å². The third-order valence-corrected chi connectivity index (χ3v) is 4.40. The van der Waals surface area contributed by atoms with Gasteiger partial charge < -0.3 is 5.11 Å². The van der Waals surface area contributed by atoms with Crippen LogP contribution in [0.2, 0.25) is 0 Å². The molecule has 2 aromatic carbocycles. The molecule has 4 rings (SSSR count). The third-order valence-electron chi connectivity index (χ3n) is 3.41. The zero-order valence-electron chi connectivity index (χ0n) is 10.9. The Balaban J connectivity index is 1.83. The van der Waals surface area contributed by atoms with Crippen molar-refractivity contribution in [2.75, 3.05) is 0 Å². The maximum Gasteiger partial charge on any atom is 0.347 e. The van der Waals surface area contributed by atoms with Gasteiger partial charge in [-0.2, -0.15) is 0 Å². The second kappa shape index (κ2) is 4.43. The summed E-state index contributed by atoms with van der Waals surface area (Å²) in [6.07, 6.45) is 3.46. The molecule has 0 spiro atoms. The van der Waals surface area contributed by atoms with Crippen molar-refractivity contribution >= 4 is 33.0 Å². The molecule has 0 aliphatic carbocycles. The molecule has 0 amide bonds. The van der Waals surface area contributed by atoms with Gasteiger partial charge in [0.15, 0.2) is 4.96 Å². The van der Waals surface area contributed by atoms with Crippen LogP contribution in [0.15, 0.2) is 54.9 Å². The van der Waals surface area contributed by atoms with Crippen molar-refractivity contribution in [1.82, 2.24) is 9.38 Å². The average Bonchev–Trinajstić information content (AvgIpc) is 3.05. The van der Waals surface area contributed by atoms with Crippen LogP contribution in [0.25, 0.3) is 27.0 Å². The molecule has 0 bridgehead atoms. The smallest absolute Gasteiger partial charge is 0.347 e. The summed E-state index contributed by atoms with van der Waals surface area (Å²) in [7, 11) is 0. The van der Waals surface area contributed by atoms with Crippen molar-refractivity contribution in [1.29, 1.82) is 0 Å². The summed E-state index contributed by atoms with van der Waals surface area (Å²) < 4.78 is 1.76. The molecule has 0 saturated heterocycles. The lowest BCUT2D eigenvalue weighted by Gasteiger charge is -2.00. The molecule has 2 aromatic heterocycles. The number of fused-ring (bicyclic) bond motifs is 2. The van der Waals surface area contributed by atoms with Crippen molar-refractivity contribution in [3.05, 3.63) is 59.7 Å². The van der Waals surface area contributed by atoms with E-state index in [0.717, 1.165) is 16.6 Å². The van der Waals surface area contributed by atoms with Crippen LogP contribution in [-0.4, -0.2) is 20.5 Å². The van der Waals surface area contributed by atoms with E-state index in [1.807, 2.05) is 24.4 Å². The summed E-state index contributed by atoms with van der Waals surface area (Å²) in [6.45, 7) is 0. The van der Waals surface area contributed by atoms with E-state index in [0.29, 0.717) is 9.84 Å². The van der Waals surface area contributed by atoms with Gasteiger partial charge >= 0.3 is 5.97 Å². The number of hydrogen-bond donors (Lipinski definition) is 1. The Labute approximate surface area is 123 Å². The Hall–Kier alpha value is -2.66. The van der Waals surface area contributed by atoms with Gasteiger partial charge in [0.25, 0.3) is 0 Å². The van der Waals surface area contributed by atoms with Crippen LogP contribution >= 0.6 is 11.3 Å². The molecule has 0 unspecified atom stereocenters. The fourth-order valence-electron chi connectivity index (χ4n) is 2.38. The fourth-order valence-corrected chi connectivity index (χ4v) is 3.19. The topological polar surface area (TPSA) is 54.6 Å². The van der Waals surface area contributed by atoms with Gasteiger partial charge in [-0.1, -0.05) is 47.7 Å². The molecule has 0 atom stereocenters. The Morgan fingerprint density at radius 1 is 1.10 bits per heavy atom. The van der Waals surface area contributed by atoms with Crippen LogP contribution in [0.1, 0.15) is 9.67 Å². The second-order valence-corrected chi connectivity index (χ2v) is 5.79. The summed E-state index contributed by atoms with van der Waals surface area (Å²) in [5.74, 6) is -0.919. The second-order valence-electron chi connectivity index (χ2n) is 4.78. The van der Waals surface area contributed by atoms with Crippen molar-refractivity contribution in [2.45, 2.75) is 0 Å². The minimum Gasteiger partial charge on any atom is -0.477 e. The fraction of sp³-hybridized carbons (Fsp3) is 0. The van der Waals surface area contributed by atoms with Crippen molar-refractivity contribution in [3.8, 4) is 11.3 Å². The number of aromatic carboxylic acids is 1. The zero-order valence-corrected chi connectivity index (χ0v) is 11.7. The van der Waals surface area contributed by atoms with Crippen LogP contribution in [-0.2, 0) is 0 Å². The van der Waals surface area contributed by atoms with E-state index in [9.17, 15) is 4.79 Å². The molecule has 4 nitrogen and oxygen atoms in total. The lowest BCUT2D eigenvalue weighted by molar-refractivity contribution is 0.0702. The Kier molecular flexibility index (Phi) is 2.55. The van der Waals surface area contributed by atoms with Crippen molar-refractivity contribution in [3.63, 3.8) is 0 Å². The first-order valence-corrected chi connectivity index (χ1v) is 7.23. The largest absolute Gasteiger partial charge is 0.477 e. The van der Waals surface area contributed by atoms with E-state index < -0.39 is 5.97 Å². The normalized spacial score (nSPS) is 11.2. The summed E-state index contributed by atoms with van der Waals surface area (Å²) in [4.78, 5) is 16.4. The minimum atomic E-state index is -0.919. The number of imidazole rings is 1. The molecule has 0 fully saturated rings. The number of rotatable bonds is 2. The van der Waals surface area contributed by atoms with Gasteiger partial charge in [0, 0.05) is 18.0 Å². The number of carboxylic acid groups (broad SMARTS) is 1. The monoisotopic (exact) mass is 294 g/mol. The maximum atomic E-state index is 10.9. The van der Waals surface area contributed by atoms with Crippen LogP contribution in [0.4, 0.5) is 0 Å². The molecular formula is C16H10N2O2S. The third kappa shape index (κ3) is 1.98. The van der Waals surface area contributed by atoms with Crippen molar-refractivity contribution in [2.24, 2.45) is 0 Å². The molecular weight excluding hydrogens is 284 g/mol. The first-order chi connectivity index (χ1) is 10.2. The number of nitrogens with zero attached hydrogens (tertiary/aromatic N) is 2. The Bertz CT molecular complexity index is 953. The summed E-state index contributed by atoms with van der Waals surface area (Å²) >= 11 is 1.18. The predicted molar refractivity (Wildman–Crippen MR) is 83.0 cm³/mol. The number of carbonyl (C=O) groups is 1. The molecule has 2 heterocycles. The molecule has 102 valence electrons. The zero-order chi connectivity index (χ0) is 14.4. The highest BCUT2D eigenvalue weighted by Crippen LogP contribution is 2.26. The highest BCUT2D eigenvalue weighted by atomic mass is 32.1. The van der Waals surface area contributed by atoms with E-state index >= 15 is 0 Å². The first-order valence-electron chi connectivity index (χ1n) is 6.42. The Morgan fingerprint density at radius 2 is 1.90 bits per heavy atom. The van der Waals surface area contributed by atoms with Gasteiger partial charge in [-0.15, -0.1) is 0 Å². The van der Waals surface area contributed by atoms with E-state index in [1.165, 1.54) is 16.7 Å². The Morgan fingerprint density at radius 3 is 2.67 bits per heavy atom. The molecule has 0 aliphatic heterocycles. The quantitative estimate of drug-likeness (QED) is 0.609. The van der Waals surface area contributed by atoms with Crippen LogP contribution in [0.5, 0.6) is 0 Å². The van der Waals surface area contributed by atoms with E-state index in [-0.39, 0.29) is 0 Å². The lowest BCUT2D eigenvalue weighted by Crippen LogP contribution is -1.90. The molecule has 0 saturated carbocycles. The molecule has 0 radical (unpaired) electrons. The minimum absolute atomic E-state index is 0.294.